The number of ether oxygens (including phenoxy) is 2. The third-order valence-electron chi connectivity index (χ3n) is 3.61. The largest absolute Gasteiger partial charge is 0.494 e. The summed E-state index contributed by atoms with van der Waals surface area (Å²) >= 11 is 0. The van der Waals surface area contributed by atoms with Gasteiger partial charge in [-0.1, -0.05) is 6.07 Å². The molecule has 0 saturated carbocycles. The highest BCUT2D eigenvalue weighted by Gasteiger charge is 2.22. The normalized spacial score (nSPS) is 18.6. The summed E-state index contributed by atoms with van der Waals surface area (Å²) in [6.07, 6.45) is 2.17. The SMILES string of the molecule is COc1c(N)cccc1C(=O)N(C)CC1CCCOC1. The fourth-order valence-electron chi connectivity index (χ4n) is 2.58. The van der Waals surface area contributed by atoms with Crippen LogP contribution in [0.3, 0.4) is 0 Å². The number of benzene rings is 1. The number of hydrogen-bond donors (Lipinski definition) is 1. The lowest BCUT2D eigenvalue weighted by Crippen LogP contribution is -2.35. The van der Waals surface area contributed by atoms with E-state index in [4.69, 9.17) is 15.2 Å². The molecule has 1 aliphatic rings. The first-order valence-electron chi connectivity index (χ1n) is 6.89. The Morgan fingerprint density at radius 1 is 1.55 bits per heavy atom. The van der Waals surface area contributed by atoms with E-state index in [1.165, 1.54) is 7.11 Å². The third kappa shape index (κ3) is 3.22. The van der Waals surface area contributed by atoms with Crippen LogP contribution < -0.4 is 10.5 Å². The second kappa shape index (κ2) is 6.61. The lowest BCUT2D eigenvalue weighted by atomic mass is 10.0. The maximum atomic E-state index is 12.5. The fraction of sp³-hybridized carbons (Fsp3) is 0.533. The minimum atomic E-state index is -0.0697. The zero-order valence-electron chi connectivity index (χ0n) is 12.1. The quantitative estimate of drug-likeness (QED) is 0.853. The lowest BCUT2D eigenvalue weighted by Gasteiger charge is -2.27. The van der Waals surface area contributed by atoms with E-state index in [9.17, 15) is 4.79 Å². The predicted molar refractivity (Wildman–Crippen MR) is 77.9 cm³/mol. The number of hydrogen-bond acceptors (Lipinski definition) is 4. The van der Waals surface area contributed by atoms with Gasteiger partial charge in [0, 0.05) is 20.2 Å². The third-order valence-corrected chi connectivity index (χ3v) is 3.61. The van der Waals surface area contributed by atoms with Gasteiger partial charge in [-0.25, -0.2) is 0 Å². The molecule has 0 spiro atoms. The van der Waals surface area contributed by atoms with Crippen LogP contribution in [0.25, 0.3) is 0 Å². The fourth-order valence-corrected chi connectivity index (χ4v) is 2.58. The Balaban J connectivity index is 2.08. The average Bonchev–Trinajstić information content (AvgIpc) is 2.47. The minimum Gasteiger partial charge on any atom is -0.494 e. The van der Waals surface area contributed by atoms with Gasteiger partial charge >= 0.3 is 0 Å². The Morgan fingerprint density at radius 3 is 3.00 bits per heavy atom. The van der Waals surface area contributed by atoms with Crippen molar-refractivity contribution in [1.82, 2.24) is 4.90 Å². The molecule has 0 radical (unpaired) electrons. The molecule has 0 aromatic heterocycles. The van der Waals surface area contributed by atoms with Crippen LogP contribution in [0, 0.1) is 5.92 Å². The van der Waals surface area contributed by atoms with Crippen LogP contribution in [-0.4, -0.2) is 44.7 Å². The highest BCUT2D eigenvalue weighted by molar-refractivity contribution is 5.98. The Hall–Kier alpha value is -1.75. The molecule has 20 heavy (non-hydrogen) atoms. The molecule has 1 fully saturated rings. The van der Waals surface area contributed by atoms with Gasteiger partial charge in [-0.2, -0.15) is 0 Å². The van der Waals surface area contributed by atoms with E-state index >= 15 is 0 Å². The molecular formula is C15H22N2O3. The topological polar surface area (TPSA) is 64.8 Å². The van der Waals surface area contributed by atoms with Crippen molar-refractivity contribution in [2.75, 3.05) is 39.6 Å². The van der Waals surface area contributed by atoms with Crippen molar-refractivity contribution in [3.63, 3.8) is 0 Å². The minimum absolute atomic E-state index is 0.0697. The molecule has 1 heterocycles. The number of amides is 1. The van der Waals surface area contributed by atoms with Gasteiger partial charge in [0.05, 0.1) is 25.0 Å². The summed E-state index contributed by atoms with van der Waals surface area (Å²) in [4.78, 5) is 14.2. The summed E-state index contributed by atoms with van der Waals surface area (Å²) in [5.74, 6) is 0.786. The molecule has 1 atom stereocenters. The predicted octanol–water partition coefficient (Wildman–Crippen LogP) is 1.78. The molecule has 5 nitrogen and oxygen atoms in total. The summed E-state index contributed by atoms with van der Waals surface area (Å²) in [6.45, 7) is 2.25. The Labute approximate surface area is 119 Å². The molecule has 0 aliphatic carbocycles. The smallest absolute Gasteiger partial charge is 0.257 e. The molecule has 1 aromatic carbocycles. The van der Waals surface area contributed by atoms with Crippen molar-refractivity contribution in [3.8, 4) is 5.75 Å². The molecule has 1 amide bonds. The van der Waals surface area contributed by atoms with E-state index < -0.39 is 0 Å². The number of nitrogens with zero attached hydrogens (tertiary/aromatic N) is 1. The first-order valence-corrected chi connectivity index (χ1v) is 6.89. The van der Waals surface area contributed by atoms with Crippen molar-refractivity contribution < 1.29 is 14.3 Å². The van der Waals surface area contributed by atoms with Crippen LogP contribution in [0.4, 0.5) is 5.69 Å². The zero-order chi connectivity index (χ0) is 14.5. The molecule has 2 rings (SSSR count). The molecule has 110 valence electrons. The van der Waals surface area contributed by atoms with Crippen LogP contribution in [0.1, 0.15) is 23.2 Å². The number of nitrogens with two attached hydrogens (primary N) is 1. The Morgan fingerprint density at radius 2 is 2.35 bits per heavy atom. The number of para-hydroxylation sites is 1. The Bertz CT molecular complexity index is 470. The number of carbonyl (C=O) groups excluding carboxylic acids is 1. The molecule has 1 unspecified atom stereocenters. The number of carbonyl (C=O) groups is 1. The van der Waals surface area contributed by atoms with Crippen molar-refractivity contribution in [3.05, 3.63) is 23.8 Å². The summed E-state index contributed by atoms with van der Waals surface area (Å²) in [6, 6.07) is 5.23. The summed E-state index contributed by atoms with van der Waals surface area (Å²) < 4.78 is 10.7. The van der Waals surface area contributed by atoms with Crippen LogP contribution in [0.2, 0.25) is 0 Å². The van der Waals surface area contributed by atoms with Gasteiger partial charge in [-0.05, 0) is 30.9 Å². The monoisotopic (exact) mass is 278 g/mol. The standard InChI is InChI=1S/C15H22N2O3/c1-17(9-11-5-4-8-20-10-11)15(18)12-6-3-7-13(16)14(12)19-2/h3,6-7,11H,4-5,8-10,16H2,1-2H3. The zero-order valence-corrected chi connectivity index (χ0v) is 12.1. The molecular weight excluding hydrogens is 256 g/mol. The van der Waals surface area contributed by atoms with Crippen molar-refractivity contribution >= 4 is 11.6 Å². The highest BCUT2D eigenvalue weighted by atomic mass is 16.5. The maximum absolute atomic E-state index is 12.5. The van der Waals surface area contributed by atoms with Crippen molar-refractivity contribution in [2.45, 2.75) is 12.8 Å². The van der Waals surface area contributed by atoms with Crippen LogP contribution >= 0.6 is 0 Å². The second-order valence-corrected chi connectivity index (χ2v) is 5.20. The molecule has 0 bridgehead atoms. The van der Waals surface area contributed by atoms with Gasteiger partial charge < -0.3 is 20.1 Å². The molecule has 1 aromatic rings. The van der Waals surface area contributed by atoms with Gasteiger partial charge in [0.1, 0.15) is 0 Å². The molecule has 2 N–H and O–H groups in total. The van der Waals surface area contributed by atoms with Crippen LogP contribution in [0.5, 0.6) is 5.75 Å². The van der Waals surface area contributed by atoms with Crippen LogP contribution in [0.15, 0.2) is 18.2 Å². The van der Waals surface area contributed by atoms with Gasteiger partial charge in [0.15, 0.2) is 5.75 Å². The summed E-state index contributed by atoms with van der Waals surface area (Å²) in [5, 5.41) is 0. The number of nitrogen functional groups attached to an aromatic ring is 1. The van der Waals surface area contributed by atoms with Crippen molar-refractivity contribution in [1.29, 1.82) is 0 Å². The van der Waals surface area contributed by atoms with E-state index in [-0.39, 0.29) is 5.91 Å². The highest BCUT2D eigenvalue weighted by Crippen LogP contribution is 2.27. The van der Waals surface area contributed by atoms with Crippen LogP contribution in [-0.2, 0) is 4.74 Å². The summed E-state index contributed by atoms with van der Waals surface area (Å²) in [5.41, 5.74) is 6.82. The van der Waals surface area contributed by atoms with E-state index in [1.807, 2.05) is 0 Å². The second-order valence-electron chi connectivity index (χ2n) is 5.20. The van der Waals surface area contributed by atoms with E-state index in [0.717, 1.165) is 26.1 Å². The van der Waals surface area contributed by atoms with E-state index in [2.05, 4.69) is 0 Å². The number of anilines is 1. The Kier molecular flexibility index (Phi) is 4.84. The van der Waals surface area contributed by atoms with Crippen molar-refractivity contribution in [2.24, 2.45) is 5.92 Å². The van der Waals surface area contributed by atoms with Gasteiger partial charge in [-0.15, -0.1) is 0 Å². The first kappa shape index (κ1) is 14.7. The molecule has 1 saturated heterocycles. The van der Waals surface area contributed by atoms with Gasteiger partial charge in [0.25, 0.3) is 5.91 Å². The van der Waals surface area contributed by atoms with Gasteiger partial charge in [0.2, 0.25) is 0 Å². The maximum Gasteiger partial charge on any atom is 0.257 e. The van der Waals surface area contributed by atoms with E-state index in [0.29, 0.717) is 29.5 Å². The average molecular weight is 278 g/mol. The van der Waals surface area contributed by atoms with Gasteiger partial charge in [-0.3, -0.25) is 4.79 Å². The summed E-state index contributed by atoms with van der Waals surface area (Å²) in [7, 11) is 3.33. The first-order chi connectivity index (χ1) is 9.63. The van der Waals surface area contributed by atoms with E-state index in [1.54, 1.807) is 30.1 Å². The molecule has 1 aliphatic heterocycles. The number of rotatable bonds is 4. The lowest BCUT2D eigenvalue weighted by molar-refractivity contribution is 0.0387. The number of methoxy groups -OCH3 is 1. The molecule has 5 heteroatoms.